The zero-order chi connectivity index (χ0) is 20.5. The molecule has 0 spiro atoms. The highest BCUT2D eigenvalue weighted by Crippen LogP contribution is 2.31. The second-order valence-electron chi connectivity index (χ2n) is 6.18. The monoisotopic (exact) mass is 409 g/mol. The molecule has 28 heavy (non-hydrogen) atoms. The van der Waals surface area contributed by atoms with E-state index in [1.165, 1.54) is 0 Å². The van der Waals surface area contributed by atoms with Crippen molar-refractivity contribution in [3.63, 3.8) is 0 Å². The first-order chi connectivity index (χ1) is 13.1. The maximum Gasteiger partial charge on any atom is 0.433 e. The van der Waals surface area contributed by atoms with Crippen LogP contribution in [0.1, 0.15) is 31.4 Å². The summed E-state index contributed by atoms with van der Waals surface area (Å²) in [6, 6.07) is 0.390. The van der Waals surface area contributed by atoms with Crippen molar-refractivity contribution in [3.8, 4) is 0 Å². The minimum absolute atomic E-state index is 0.00587. The van der Waals surface area contributed by atoms with E-state index in [9.17, 15) is 30.7 Å². The quantitative estimate of drug-likeness (QED) is 0.375. The van der Waals surface area contributed by atoms with E-state index < -0.39 is 46.6 Å². The van der Waals surface area contributed by atoms with E-state index in [0.29, 0.717) is 6.07 Å². The highest BCUT2D eigenvalue weighted by molar-refractivity contribution is 5.53. The minimum atomic E-state index is -4.81. The fraction of sp³-hybridized carbons (Fsp3) is 0.375. The Morgan fingerprint density at radius 1 is 0.857 bits per heavy atom. The van der Waals surface area contributed by atoms with Crippen LogP contribution in [-0.4, -0.2) is 16.0 Å². The van der Waals surface area contributed by atoms with Crippen molar-refractivity contribution in [2.24, 2.45) is 0 Å². The molecule has 3 N–H and O–H groups in total. The highest BCUT2D eigenvalue weighted by Gasteiger charge is 2.34. The third kappa shape index (κ3) is 4.37. The normalized spacial score (nSPS) is 15.0. The van der Waals surface area contributed by atoms with Gasteiger partial charge in [0.25, 0.3) is 0 Å². The van der Waals surface area contributed by atoms with Gasteiger partial charge >= 0.3 is 6.18 Å². The molecule has 0 bridgehead atoms. The molecule has 0 saturated heterocycles. The van der Waals surface area contributed by atoms with Gasteiger partial charge in [-0.05, 0) is 12.8 Å². The van der Waals surface area contributed by atoms with Gasteiger partial charge in [0, 0.05) is 18.2 Å². The smallest absolute Gasteiger partial charge is 0.351 e. The molecule has 1 aliphatic rings. The summed E-state index contributed by atoms with van der Waals surface area (Å²) in [7, 11) is 0. The van der Waals surface area contributed by atoms with Crippen molar-refractivity contribution in [1.82, 2.24) is 9.97 Å². The van der Waals surface area contributed by atoms with Gasteiger partial charge in [0.1, 0.15) is 5.69 Å². The molecule has 1 saturated carbocycles. The van der Waals surface area contributed by atoms with Crippen LogP contribution in [0.5, 0.6) is 0 Å². The number of hydrogen-bond acceptors (Lipinski definition) is 5. The van der Waals surface area contributed by atoms with Gasteiger partial charge in [0.05, 0.1) is 0 Å². The molecule has 0 atom stereocenters. The van der Waals surface area contributed by atoms with Gasteiger partial charge in [0.15, 0.2) is 34.8 Å². The number of alkyl halides is 3. The fourth-order valence-electron chi connectivity index (χ4n) is 2.78. The summed E-state index contributed by atoms with van der Waals surface area (Å²) in [5.74, 6) is -7.69. The first-order valence-electron chi connectivity index (χ1n) is 8.23. The van der Waals surface area contributed by atoms with E-state index in [-0.39, 0.29) is 18.1 Å². The summed E-state index contributed by atoms with van der Waals surface area (Å²) in [5, 5.41) is 2.77. The first-order valence-corrected chi connectivity index (χ1v) is 8.23. The lowest BCUT2D eigenvalue weighted by molar-refractivity contribution is -0.141. The van der Waals surface area contributed by atoms with E-state index in [1.54, 1.807) is 0 Å². The molecule has 5 nitrogen and oxygen atoms in total. The molecule has 2 aromatic rings. The summed E-state index contributed by atoms with van der Waals surface area (Å²) in [5.41, 5.74) is 1.29. The number of hydrazine groups is 1. The van der Waals surface area contributed by atoms with E-state index in [4.69, 9.17) is 0 Å². The van der Waals surface area contributed by atoms with E-state index in [0.717, 1.165) is 25.7 Å². The number of hydrogen-bond donors (Lipinski definition) is 3. The van der Waals surface area contributed by atoms with Crippen LogP contribution in [0.4, 0.5) is 48.2 Å². The molecule has 0 unspecified atom stereocenters. The van der Waals surface area contributed by atoms with Crippen LogP contribution in [-0.2, 0) is 6.18 Å². The number of anilines is 3. The highest BCUT2D eigenvalue weighted by atomic mass is 19.4. The molecular weight excluding hydrogens is 395 g/mol. The van der Waals surface area contributed by atoms with E-state index in [2.05, 4.69) is 15.3 Å². The predicted octanol–water partition coefficient (Wildman–Crippen LogP) is 4.85. The molecule has 1 aromatic heterocycles. The lowest BCUT2D eigenvalue weighted by atomic mass is 10.2. The Morgan fingerprint density at radius 3 is 2.04 bits per heavy atom. The van der Waals surface area contributed by atoms with Crippen molar-refractivity contribution in [2.75, 3.05) is 16.2 Å². The fourth-order valence-corrected chi connectivity index (χ4v) is 2.78. The summed E-state index contributed by atoms with van der Waals surface area (Å²) in [6.07, 6.45) is -1.52. The number of nitrogens with one attached hydrogen (secondary N) is 3. The molecule has 0 radical (unpaired) electrons. The lowest BCUT2D eigenvalue weighted by Gasteiger charge is -2.16. The Kier molecular flexibility index (Phi) is 5.47. The van der Waals surface area contributed by atoms with Crippen LogP contribution in [0.3, 0.4) is 0 Å². The lowest BCUT2D eigenvalue weighted by Crippen LogP contribution is -2.21. The Morgan fingerprint density at radius 2 is 1.46 bits per heavy atom. The largest absolute Gasteiger partial charge is 0.433 e. The van der Waals surface area contributed by atoms with E-state index >= 15 is 0 Å². The van der Waals surface area contributed by atoms with Gasteiger partial charge in [-0.3, -0.25) is 10.9 Å². The molecule has 1 fully saturated rings. The number of benzene rings is 1. The standard InChI is InChI=1S/C16H14F7N5/c17-8-5-9(18)13(20)14(12(8)19)28-27-11-6-10(16(21,22)23)25-15(26-11)24-7-3-1-2-4-7/h5-7,28H,1-4H2,(H2,24,25,26,27). The third-order valence-electron chi connectivity index (χ3n) is 4.13. The molecule has 1 aromatic carbocycles. The number of aromatic nitrogens is 2. The summed E-state index contributed by atoms with van der Waals surface area (Å²) < 4.78 is 93.0. The van der Waals surface area contributed by atoms with Crippen molar-refractivity contribution in [3.05, 3.63) is 41.1 Å². The number of rotatable bonds is 5. The Labute approximate surface area is 154 Å². The molecule has 12 heteroatoms. The van der Waals surface area contributed by atoms with Crippen LogP contribution in [0.25, 0.3) is 0 Å². The van der Waals surface area contributed by atoms with Crippen LogP contribution in [0.2, 0.25) is 0 Å². The predicted molar refractivity (Wildman–Crippen MR) is 86.4 cm³/mol. The minimum Gasteiger partial charge on any atom is -0.351 e. The molecule has 0 aliphatic heterocycles. The molecule has 1 aliphatic carbocycles. The van der Waals surface area contributed by atoms with Gasteiger partial charge in [-0.15, -0.1) is 0 Å². The second-order valence-corrected chi connectivity index (χ2v) is 6.18. The zero-order valence-corrected chi connectivity index (χ0v) is 14.1. The molecule has 3 rings (SSSR count). The molecular formula is C16H14F7N5. The van der Waals surface area contributed by atoms with Crippen molar-refractivity contribution in [2.45, 2.75) is 37.9 Å². The maximum atomic E-state index is 13.7. The van der Waals surface area contributed by atoms with Crippen LogP contribution >= 0.6 is 0 Å². The Balaban J connectivity index is 1.87. The number of halogens is 7. The molecule has 1 heterocycles. The summed E-state index contributed by atoms with van der Waals surface area (Å²) in [4.78, 5) is 7.20. The first kappa shape index (κ1) is 20.0. The van der Waals surface area contributed by atoms with Gasteiger partial charge in [0.2, 0.25) is 5.95 Å². The average molecular weight is 409 g/mol. The van der Waals surface area contributed by atoms with Gasteiger partial charge < -0.3 is 5.32 Å². The zero-order valence-electron chi connectivity index (χ0n) is 14.1. The van der Waals surface area contributed by atoms with Crippen LogP contribution < -0.4 is 16.2 Å². The second kappa shape index (κ2) is 7.68. The van der Waals surface area contributed by atoms with Crippen LogP contribution in [0, 0.1) is 23.3 Å². The topological polar surface area (TPSA) is 61.9 Å². The van der Waals surface area contributed by atoms with Gasteiger partial charge in [-0.1, -0.05) is 12.8 Å². The third-order valence-corrected chi connectivity index (χ3v) is 4.13. The van der Waals surface area contributed by atoms with Gasteiger partial charge in [-0.25, -0.2) is 22.5 Å². The Hall–Kier alpha value is -2.79. The van der Waals surface area contributed by atoms with E-state index in [1.807, 2.05) is 10.9 Å². The molecule has 0 amide bonds. The van der Waals surface area contributed by atoms with Crippen molar-refractivity contribution in [1.29, 1.82) is 0 Å². The van der Waals surface area contributed by atoms with Crippen LogP contribution in [0.15, 0.2) is 12.1 Å². The van der Waals surface area contributed by atoms with Gasteiger partial charge in [-0.2, -0.15) is 18.2 Å². The Bertz CT molecular complexity index is 839. The average Bonchev–Trinajstić information content (AvgIpc) is 3.12. The van der Waals surface area contributed by atoms with Crippen molar-refractivity contribution < 1.29 is 30.7 Å². The molecule has 152 valence electrons. The SMILES string of the molecule is Fc1cc(F)c(F)c(NNc2cc(C(F)(F)F)nc(NC3CCCC3)n2)c1F. The maximum absolute atomic E-state index is 13.7. The summed E-state index contributed by atoms with van der Waals surface area (Å²) in [6.45, 7) is 0. The number of nitrogens with zero attached hydrogens (tertiary/aromatic N) is 2. The summed E-state index contributed by atoms with van der Waals surface area (Å²) >= 11 is 0. The van der Waals surface area contributed by atoms with Crippen molar-refractivity contribution >= 4 is 17.5 Å².